The first-order valence-electron chi connectivity index (χ1n) is 18.2. The van der Waals surface area contributed by atoms with Gasteiger partial charge in [0.2, 0.25) is 15.9 Å². The number of aliphatic hydroxyl groups excluding tert-OH is 1. The molecule has 1 saturated heterocycles. The van der Waals surface area contributed by atoms with Crippen LogP contribution in [0.5, 0.6) is 0 Å². The number of aliphatic hydroxyl groups is 1. The number of carbonyl (C=O) groups is 2. The molecule has 3 N–H and O–H groups in total. The van der Waals surface area contributed by atoms with E-state index in [1.807, 2.05) is 49.6 Å². The Hall–Kier alpha value is -3.85. The molecule has 1 aromatic heterocycles. The lowest BCUT2D eigenvalue weighted by Gasteiger charge is -2.34. The van der Waals surface area contributed by atoms with Crippen molar-refractivity contribution in [2.75, 3.05) is 26.2 Å². The van der Waals surface area contributed by atoms with Gasteiger partial charge in [-0.25, -0.2) is 18.2 Å². The molecule has 0 bridgehead atoms. The van der Waals surface area contributed by atoms with E-state index in [0.717, 1.165) is 41.9 Å². The Balaban J connectivity index is 1.37. The van der Waals surface area contributed by atoms with Crippen LogP contribution in [-0.4, -0.2) is 100 Å². The van der Waals surface area contributed by atoms with Crippen molar-refractivity contribution in [1.82, 2.24) is 24.4 Å². The SMILES string of the molecule is CC(C)c1nc(CN2CCN(C(C(=O)N[C@@H](Cc3ccccc3)[C@H](O)CN(CC3CCCC3)S(=O)(=O)c3ccc(/C=N/O)cc3)C(C)C)C2=O)cs1. The third kappa shape index (κ3) is 9.77. The van der Waals surface area contributed by atoms with Gasteiger partial charge in [0.05, 0.1) is 40.5 Å². The number of carbonyl (C=O) groups excluding carboxylic acids is 2. The van der Waals surface area contributed by atoms with Crippen molar-refractivity contribution >= 4 is 39.5 Å². The van der Waals surface area contributed by atoms with Gasteiger partial charge in [-0.05, 0) is 54.4 Å². The zero-order chi connectivity index (χ0) is 37.4. The molecule has 0 radical (unpaired) electrons. The lowest BCUT2D eigenvalue weighted by atomic mass is 9.97. The fraction of sp³-hybridized carbons (Fsp3) is 0.526. The monoisotopic (exact) mass is 752 g/mol. The summed E-state index contributed by atoms with van der Waals surface area (Å²) in [5.41, 5.74) is 2.23. The predicted octanol–water partition coefficient (Wildman–Crippen LogP) is 5.31. The molecule has 2 heterocycles. The smallest absolute Gasteiger partial charge is 0.321 e. The van der Waals surface area contributed by atoms with E-state index in [0.29, 0.717) is 31.1 Å². The van der Waals surface area contributed by atoms with E-state index in [9.17, 15) is 23.1 Å². The number of sulfonamides is 1. The second-order valence-corrected chi connectivity index (χ2v) is 17.4. The minimum Gasteiger partial charge on any atom is -0.411 e. The standard InChI is InChI=1S/C38H52N6O6S2/c1-26(2)35(44-19-18-42(38(44)47)23-31-25-51-37(40-31)27(3)4)36(46)41-33(20-28-10-6-5-7-11-28)34(45)24-43(22-30-12-8-9-13-30)52(49,50)32-16-14-29(15-17-32)21-39-48/h5-7,10-11,14-17,21,25-27,30,33-35,45,48H,8-9,12-13,18-20,22-24H2,1-4H3,(H,41,46)/b39-21+/t33-,34+,35?/m0/s1. The summed E-state index contributed by atoms with van der Waals surface area (Å²) in [5.74, 6) is -0.178. The number of urea groups is 1. The molecule has 12 nitrogen and oxygen atoms in total. The van der Waals surface area contributed by atoms with Crippen LogP contribution in [0.3, 0.4) is 0 Å². The minimum atomic E-state index is -4.04. The Morgan fingerprint density at radius 2 is 1.77 bits per heavy atom. The Morgan fingerprint density at radius 1 is 1.08 bits per heavy atom. The van der Waals surface area contributed by atoms with Gasteiger partial charge in [0.25, 0.3) is 0 Å². The van der Waals surface area contributed by atoms with Crippen LogP contribution in [0.15, 0.2) is 70.0 Å². The molecule has 3 atom stereocenters. The highest BCUT2D eigenvalue weighted by molar-refractivity contribution is 7.89. The molecule has 1 aliphatic heterocycles. The van der Waals surface area contributed by atoms with Gasteiger partial charge in [-0.15, -0.1) is 11.3 Å². The molecule has 2 aromatic carbocycles. The topological polar surface area (TPSA) is 156 Å². The lowest BCUT2D eigenvalue weighted by Crippen LogP contribution is -2.57. The molecule has 1 aliphatic carbocycles. The average Bonchev–Trinajstić information content (AvgIpc) is 3.88. The van der Waals surface area contributed by atoms with Crippen LogP contribution in [0.1, 0.15) is 81.1 Å². The normalized spacial score (nSPS) is 17.6. The number of thiazole rings is 1. The summed E-state index contributed by atoms with van der Waals surface area (Å²) in [6, 6.07) is 13.6. The highest BCUT2D eigenvalue weighted by Gasteiger charge is 2.41. The van der Waals surface area contributed by atoms with Crippen LogP contribution < -0.4 is 5.32 Å². The van der Waals surface area contributed by atoms with Gasteiger partial charge in [0.15, 0.2) is 0 Å². The molecule has 1 saturated carbocycles. The Morgan fingerprint density at radius 3 is 2.38 bits per heavy atom. The average molecular weight is 753 g/mol. The van der Waals surface area contributed by atoms with Crippen molar-refractivity contribution in [1.29, 1.82) is 0 Å². The van der Waals surface area contributed by atoms with Crippen molar-refractivity contribution in [2.45, 2.75) is 95.3 Å². The van der Waals surface area contributed by atoms with E-state index < -0.39 is 34.1 Å². The summed E-state index contributed by atoms with van der Waals surface area (Å²) in [6.07, 6.45) is 4.05. The molecular formula is C38H52N6O6S2. The predicted molar refractivity (Wildman–Crippen MR) is 202 cm³/mol. The van der Waals surface area contributed by atoms with Crippen molar-refractivity contribution < 1.29 is 28.3 Å². The minimum absolute atomic E-state index is 0.0616. The first-order chi connectivity index (χ1) is 24.9. The molecule has 0 spiro atoms. The number of amides is 3. The second-order valence-electron chi connectivity index (χ2n) is 14.6. The third-order valence-corrected chi connectivity index (χ3v) is 13.0. The lowest BCUT2D eigenvalue weighted by molar-refractivity contribution is -0.128. The summed E-state index contributed by atoms with van der Waals surface area (Å²) < 4.78 is 29.6. The fourth-order valence-electron chi connectivity index (χ4n) is 7.11. The van der Waals surface area contributed by atoms with Gasteiger partial charge in [-0.1, -0.05) is 88.2 Å². The summed E-state index contributed by atoms with van der Waals surface area (Å²) in [4.78, 5) is 36.0. The van der Waals surface area contributed by atoms with Crippen LogP contribution >= 0.6 is 11.3 Å². The molecule has 1 unspecified atom stereocenters. The highest BCUT2D eigenvalue weighted by atomic mass is 32.2. The Kier molecular flexibility index (Phi) is 13.5. The number of aromatic nitrogens is 1. The van der Waals surface area contributed by atoms with Gasteiger partial charge >= 0.3 is 6.03 Å². The number of hydrogen-bond donors (Lipinski definition) is 3. The summed E-state index contributed by atoms with van der Waals surface area (Å²) in [7, 11) is -4.04. The number of oxime groups is 1. The van der Waals surface area contributed by atoms with Gasteiger partial charge in [-0.2, -0.15) is 4.31 Å². The Bertz CT molecular complexity index is 1760. The van der Waals surface area contributed by atoms with E-state index in [-0.39, 0.29) is 42.3 Å². The van der Waals surface area contributed by atoms with Gasteiger partial charge in [0, 0.05) is 37.5 Å². The number of nitrogens with zero attached hydrogens (tertiary/aromatic N) is 5. The van der Waals surface area contributed by atoms with E-state index in [1.165, 1.54) is 22.7 Å². The number of hydrogen-bond acceptors (Lipinski definition) is 9. The molecule has 14 heteroatoms. The maximum atomic E-state index is 14.2. The maximum Gasteiger partial charge on any atom is 0.321 e. The molecule has 2 aliphatic rings. The summed E-state index contributed by atoms with van der Waals surface area (Å²) in [5, 5.41) is 29.9. The first-order valence-corrected chi connectivity index (χ1v) is 20.5. The molecule has 52 heavy (non-hydrogen) atoms. The van der Waals surface area contributed by atoms with Crippen LogP contribution in [0.4, 0.5) is 4.79 Å². The second kappa shape index (κ2) is 17.8. The maximum absolute atomic E-state index is 14.2. The molecular weight excluding hydrogens is 701 g/mol. The summed E-state index contributed by atoms with van der Waals surface area (Å²) >= 11 is 1.58. The van der Waals surface area contributed by atoms with Crippen LogP contribution in [0.25, 0.3) is 0 Å². The first kappa shape index (κ1) is 39.4. The van der Waals surface area contributed by atoms with Gasteiger partial charge in [-0.3, -0.25) is 4.79 Å². The van der Waals surface area contributed by atoms with Crippen LogP contribution in [-0.2, 0) is 27.8 Å². The van der Waals surface area contributed by atoms with Gasteiger partial charge in [0.1, 0.15) is 6.04 Å². The van der Waals surface area contributed by atoms with Crippen LogP contribution in [0, 0.1) is 11.8 Å². The largest absolute Gasteiger partial charge is 0.411 e. The van der Waals surface area contributed by atoms with Crippen molar-refractivity contribution in [3.05, 3.63) is 81.8 Å². The molecule has 5 rings (SSSR count). The summed E-state index contributed by atoms with van der Waals surface area (Å²) in [6.45, 7) is 9.17. The molecule has 3 amide bonds. The number of rotatable bonds is 17. The third-order valence-electron chi connectivity index (χ3n) is 9.92. The quantitative estimate of drug-likeness (QED) is 0.0960. The number of nitrogens with one attached hydrogen (secondary N) is 1. The van der Waals surface area contributed by atoms with Gasteiger partial charge < -0.3 is 25.4 Å². The van der Waals surface area contributed by atoms with E-state index in [2.05, 4.69) is 29.3 Å². The van der Waals surface area contributed by atoms with Crippen molar-refractivity contribution in [3.63, 3.8) is 0 Å². The van der Waals surface area contributed by atoms with Crippen molar-refractivity contribution in [2.24, 2.45) is 17.0 Å². The molecule has 282 valence electrons. The zero-order valence-electron chi connectivity index (χ0n) is 30.5. The number of benzene rings is 2. The van der Waals surface area contributed by atoms with E-state index >= 15 is 0 Å². The van der Waals surface area contributed by atoms with E-state index in [1.54, 1.807) is 33.3 Å². The molecule has 3 aromatic rings. The van der Waals surface area contributed by atoms with Crippen molar-refractivity contribution in [3.8, 4) is 0 Å². The van der Waals surface area contributed by atoms with E-state index in [4.69, 9.17) is 5.21 Å². The molecule has 2 fully saturated rings. The highest BCUT2D eigenvalue weighted by Crippen LogP contribution is 2.29. The Labute approximate surface area is 311 Å². The van der Waals surface area contributed by atoms with Crippen LogP contribution in [0.2, 0.25) is 0 Å². The fourth-order valence-corrected chi connectivity index (χ4v) is 9.48. The zero-order valence-corrected chi connectivity index (χ0v) is 32.1.